The lowest BCUT2D eigenvalue weighted by molar-refractivity contribution is -0.0532. The van der Waals surface area contributed by atoms with E-state index in [-0.39, 0.29) is 17.8 Å². The van der Waals surface area contributed by atoms with E-state index >= 15 is 0 Å². The summed E-state index contributed by atoms with van der Waals surface area (Å²) in [6.07, 6.45) is -1.46. The van der Waals surface area contributed by atoms with E-state index in [4.69, 9.17) is 32.5 Å². The molecule has 1 fully saturated rings. The van der Waals surface area contributed by atoms with E-state index in [9.17, 15) is 23.6 Å². The summed E-state index contributed by atoms with van der Waals surface area (Å²) >= 11 is 0. The minimum Gasteiger partial charge on any atom is -0.388 e. The summed E-state index contributed by atoms with van der Waals surface area (Å²) in [5, 5.41) is 10.4. The van der Waals surface area contributed by atoms with Crippen molar-refractivity contribution in [2.75, 3.05) is 18.9 Å². The maximum absolute atomic E-state index is 12.7. The van der Waals surface area contributed by atoms with Gasteiger partial charge in [0.15, 0.2) is 6.23 Å². The van der Waals surface area contributed by atoms with Gasteiger partial charge in [-0.05, 0) is 13.0 Å². The number of nitrogens with two attached hydrogens (primary N) is 6. The van der Waals surface area contributed by atoms with Gasteiger partial charge in [0.25, 0.3) is 0 Å². The molecule has 216 valence electrons. The van der Waals surface area contributed by atoms with Crippen molar-refractivity contribution in [1.29, 1.82) is 0 Å². The van der Waals surface area contributed by atoms with Gasteiger partial charge in [0.1, 0.15) is 11.9 Å². The Kier molecular flexibility index (Phi) is 12.1. The van der Waals surface area contributed by atoms with Gasteiger partial charge in [-0.1, -0.05) is 11.8 Å². The Bertz CT molecular complexity index is 1210. The van der Waals surface area contributed by atoms with Crippen molar-refractivity contribution in [2.24, 2.45) is 29.3 Å². The number of anilines is 1. The van der Waals surface area contributed by atoms with Crippen LogP contribution >= 0.6 is 23.5 Å². The van der Waals surface area contributed by atoms with Crippen molar-refractivity contribution in [3.8, 4) is 11.8 Å². The number of phosphoric acid groups is 3. The van der Waals surface area contributed by atoms with Crippen LogP contribution in [0.15, 0.2) is 11.0 Å². The van der Waals surface area contributed by atoms with Gasteiger partial charge in [-0.25, -0.2) is 51.3 Å². The molecule has 0 radical (unpaired) electrons. The number of nitrogens with zero attached hydrogens (tertiary/aromatic N) is 2. The average Bonchev–Trinajstić information content (AvgIpc) is 3.26. The highest BCUT2D eigenvalue weighted by Gasteiger charge is 2.48. The van der Waals surface area contributed by atoms with Gasteiger partial charge in [0.05, 0.1) is 18.3 Å². The van der Waals surface area contributed by atoms with Crippen molar-refractivity contribution < 1.29 is 55.2 Å². The fraction of sp³-hybridized carbons (Fsp3) is 0.571. The minimum atomic E-state index is -5.32. The third-order valence-electron chi connectivity index (χ3n) is 4.48. The molecule has 0 amide bonds. The zero-order valence-corrected chi connectivity index (χ0v) is 22.1. The molecule has 1 aliphatic rings. The zero-order valence-electron chi connectivity index (χ0n) is 19.4. The van der Waals surface area contributed by atoms with Crippen molar-refractivity contribution in [3.63, 3.8) is 0 Å². The van der Waals surface area contributed by atoms with E-state index in [1.54, 1.807) is 0 Å². The quantitative estimate of drug-likeness (QED) is 0.0546. The summed E-state index contributed by atoms with van der Waals surface area (Å²) in [6.45, 7) is -0.260. The first-order chi connectivity index (χ1) is 17.9. The molecule has 2 rings (SSSR count). The van der Waals surface area contributed by atoms with E-state index in [2.05, 4.69) is 55.7 Å². The van der Waals surface area contributed by atoms with Crippen molar-refractivity contribution in [2.45, 2.75) is 37.7 Å². The first-order valence-electron chi connectivity index (χ1n) is 10.2. The smallest absolute Gasteiger partial charge is 0.388 e. The van der Waals surface area contributed by atoms with Crippen LogP contribution in [0.5, 0.6) is 0 Å². The van der Waals surface area contributed by atoms with E-state index in [0.29, 0.717) is 19.4 Å². The fourth-order valence-corrected chi connectivity index (χ4v) is 6.57. The number of unbranched alkanes of at least 4 members (excludes halogenated alkanes) is 1. The first-order valence-corrected chi connectivity index (χ1v) is 14.6. The number of aliphatic hydroxyl groups is 1. The highest BCUT2D eigenvalue weighted by Crippen LogP contribution is 2.71. The van der Waals surface area contributed by atoms with Crippen LogP contribution in [0, 0.1) is 11.8 Å². The summed E-state index contributed by atoms with van der Waals surface area (Å²) < 4.78 is 72.6. The third-order valence-corrected chi connectivity index (χ3v) is 9.18. The minimum absolute atomic E-state index is 0.129. The third kappa shape index (κ3) is 8.69. The predicted molar refractivity (Wildman–Crippen MR) is 125 cm³/mol. The van der Waals surface area contributed by atoms with Gasteiger partial charge >= 0.3 is 29.2 Å². The molecule has 0 aromatic carbocycles. The van der Waals surface area contributed by atoms with Crippen LogP contribution < -0.4 is 40.7 Å². The van der Waals surface area contributed by atoms with E-state index < -0.39 is 54.2 Å². The zero-order chi connectivity index (χ0) is 28.6. The van der Waals surface area contributed by atoms with Crippen molar-refractivity contribution in [3.05, 3.63) is 22.2 Å². The van der Waals surface area contributed by atoms with Crippen LogP contribution in [-0.2, 0) is 50.1 Å². The number of aliphatic hydroxyl groups excluding tert-OH is 1. The summed E-state index contributed by atoms with van der Waals surface area (Å²) in [6, 6.07) is 0. The highest BCUT2D eigenvalue weighted by molar-refractivity contribution is 7.67. The van der Waals surface area contributed by atoms with Gasteiger partial charge in [-0.2, -0.15) is 22.9 Å². The molecule has 1 saturated heterocycles. The van der Waals surface area contributed by atoms with Crippen LogP contribution in [0.25, 0.3) is 0 Å². The van der Waals surface area contributed by atoms with Crippen LogP contribution in [0.3, 0.4) is 0 Å². The largest absolute Gasteiger partial charge is 0.516 e. The second-order valence-electron chi connectivity index (χ2n) is 7.10. The molecule has 0 saturated carbocycles. The molecular weight excluding hydrogens is 581 g/mol. The molecular formula is C14H27N8O13P3. The number of aromatic nitrogens is 2. The molecule has 21 nitrogen and oxygen atoms in total. The van der Waals surface area contributed by atoms with Crippen LogP contribution in [-0.4, -0.2) is 40.0 Å². The molecule has 1 aromatic rings. The molecule has 13 N–H and O–H groups in total. The van der Waals surface area contributed by atoms with E-state index in [1.165, 1.54) is 6.20 Å². The molecule has 1 aromatic heterocycles. The van der Waals surface area contributed by atoms with Gasteiger partial charge in [0.2, 0.25) is 0 Å². The van der Waals surface area contributed by atoms with Crippen molar-refractivity contribution in [1.82, 2.24) is 9.55 Å². The molecule has 2 unspecified atom stereocenters. The number of nitrogen functional groups attached to an aromatic ring is 1. The maximum Gasteiger partial charge on any atom is 0.516 e. The fourth-order valence-electron chi connectivity index (χ4n) is 2.81. The molecule has 0 spiro atoms. The summed E-state index contributed by atoms with van der Waals surface area (Å²) in [5.41, 5.74) is 10.5. The molecule has 5 atom stereocenters. The van der Waals surface area contributed by atoms with Gasteiger partial charge in [-0.3, -0.25) is 9.09 Å². The summed E-state index contributed by atoms with van der Waals surface area (Å²) in [4.78, 5) is 16.0. The second-order valence-corrected chi connectivity index (χ2v) is 12.2. The lowest BCUT2D eigenvalue weighted by atomic mass is 10.2. The average molecular weight is 608 g/mol. The van der Waals surface area contributed by atoms with Gasteiger partial charge < -0.3 is 21.3 Å². The number of hydrogen-bond acceptors (Lipinski definition) is 20. The van der Waals surface area contributed by atoms with Crippen LogP contribution in [0.2, 0.25) is 0 Å². The highest BCUT2D eigenvalue weighted by atomic mass is 31.3. The normalized spacial score (nSPS) is 22.8. The maximum atomic E-state index is 12.7. The topological polar surface area (TPSA) is 336 Å². The summed E-state index contributed by atoms with van der Waals surface area (Å²) in [7, 11) is -15.3. The van der Waals surface area contributed by atoms with Crippen molar-refractivity contribution >= 4 is 29.3 Å². The molecule has 24 heteroatoms. The monoisotopic (exact) mass is 608 g/mol. The Morgan fingerprint density at radius 1 is 1.08 bits per heavy atom. The second kappa shape index (κ2) is 14.1. The predicted octanol–water partition coefficient (Wildman–Crippen LogP) is -1.50. The Hall–Kier alpha value is -1.63. The Balaban J connectivity index is 2.14. The first kappa shape index (κ1) is 32.6. The SMILES string of the molecule is NCCCC#Cc1cn([C@@H]2O[C@H](COP(=O)(ON)OP(=O)(ON)OP(=O)(ON)ON)C[C@H]2O)c(=O)nc1N. The number of rotatable bonds is 14. The van der Waals surface area contributed by atoms with E-state index in [1.807, 2.05) is 0 Å². The Morgan fingerprint density at radius 3 is 2.26 bits per heavy atom. The molecule has 38 heavy (non-hydrogen) atoms. The lowest BCUT2D eigenvalue weighted by Crippen LogP contribution is -2.32. The Morgan fingerprint density at radius 2 is 1.68 bits per heavy atom. The van der Waals surface area contributed by atoms with Gasteiger partial charge in [0, 0.05) is 19.0 Å². The summed E-state index contributed by atoms with van der Waals surface area (Å²) in [5.74, 6) is 24.4. The number of ether oxygens (including phenoxy) is 1. The van der Waals surface area contributed by atoms with Crippen LogP contribution in [0.4, 0.5) is 5.82 Å². The van der Waals surface area contributed by atoms with Gasteiger partial charge in [-0.15, -0.1) is 0 Å². The van der Waals surface area contributed by atoms with Crippen LogP contribution in [0.1, 0.15) is 31.1 Å². The standard InChI is InChI=1S/C14H27N8O13P3/c15-5-3-1-2-4-9-7-22(14(24)21-12(9)16)13-11(23)6-10(29-13)8-28-36(25,30-17)34-38(27,33-20)35-37(26,31-18)32-19/h7,10-11,13,23H,1,3,5-6,8,15,17-20H2,(H2,16,21,24)/t10-,11+,13+,36?,38?/m0/s1. The number of hydrogen-bond donors (Lipinski definition) is 7. The molecule has 2 heterocycles. The molecule has 1 aliphatic heterocycles. The van der Waals surface area contributed by atoms with E-state index in [0.717, 1.165) is 4.57 Å². The molecule has 0 bridgehead atoms. The Labute approximate surface area is 214 Å². The lowest BCUT2D eigenvalue weighted by Gasteiger charge is -2.22. The molecule has 0 aliphatic carbocycles.